The molecule has 3 aromatic rings. The summed E-state index contributed by atoms with van der Waals surface area (Å²) in [5, 5.41) is 15.9. The predicted molar refractivity (Wildman–Crippen MR) is 102 cm³/mol. The Morgan fingerprint density at radius 3 is 2.90 bits per heavy atom. The third-order valence-corrected chi connectivity index (χ3v) is 4.70. The molecular formula is C19H19FN6O3. The highest BCUT2D eigenvalue weighted by Crippen LogP contribution is 2.23. The van der Waals surface area contributed by atoms with Crippen LogP contribution in [-0.2, 0) is 9.53 Å². The van der Waals surface area contributed by atoms with Crippen molar-refractivity contribution in [3.05, 3.63) is 53.6 Å². The van der Waals surface area contributed by atoms with E-state index in [0.29, 0.717) is 29.1 Å². The minimum atomic E-state index is -0.839. The number of benzene rings is 1. The maximum absolute atomic E-state index is 13.9. The molecule has 9 nitrogen and oxygen atoms in total. The molecule has 1 fully saturated rings. The first-order chi connectivity index (χ1) is 14.0. The highest BCUT2D eigenvalue weighted by molar-refractivity contribution is 5.97. The van der Waals surface area contributed by atoms with Crippen LogP contribution in [0.15, 0.2) is 36.5 Å². The zero-order chi connectivity index (χ0) is 20.4. The van der Waals surface area contributed by atoms with E-state index in [0.717, 1.165) is 0 Å². The number of morpholine rings is 1. The molecule has 0 saturated carbocycles. The molecule has 0 bridgehead atoms. The van der Waals surface area contributed by atoms with Crippen molar-refractivity contribution >= 4 is 17.6 Å². The van der Waals surface area contributed by atoms with Crippen LogP contribution in [0, 0.1) is 12.7 Å². The molecule has 3 heterocycles. The number of H-pyrrole nitrogens is 2. The van der Waals surface area contributed by atoms with Crippen LogP contribution in [0.2, 0.25) is 0 Å². The summed E-state index contributed by atoms with van der Waals surface area (Å²) in [6.45, 7) is 2.49. The predicted octanol–water partition coefficient (Wildman–Crippen LogP) is 1.73. The summed E-state index contributed by atoms with van der Waals surface area (Å²) in [6.07, 6.45) is 0.629. The van der Waals surface area contributed by atoms with Gasteiger partial charge in [0.2, 0.25) is 0 Å². The Labute approximate surface area is 165 Å². The van der Waals surface area contributed by atoms with E-state index in [2.05, 4.69) is 25.7 Å². The molecule has 10 heteroatoms. The number of nitrogens with one attached hydrogen (secondary N) is 3. The lowest BCUT2D eigenvalue weighted by Crippen LogP contribution is -2.50. The number of carbonyl (C=O) groups excluding carboxylic acids is 2. The molecule has 1 unspecified atom stereocenters. The molecule has 0 aliphatic carbocycles. The Bertz CT molecular complexity index is 1050. The molecule has 29 heavy (non-hydrogen) atoms. The van der Waals surface area contributed by atoms with Crippen LogP contribution >= 0.6 is 0 Å². The number of aromatic nitrogens is 4. The van der Waals surface area contributed by atoms with Gasteiger partial charge in [0.25, 0.3) is 11.8 Å². The Morgan fingerprint density at radius 2 is 2.14 bits per heavy atom. The molecule has 1 aliphatic rings. The van der Waals surface area contributed by atoms with Crippen molar-refractivity contribution < 1.29 is 18.7 Å². The topological polar surface area (TPSA) is 116 Å². The van der Waals surface area contributed by atoms with Gasteiger partial charge < -0.3 is 15.0 Å². The zero-order valence-corrected chi connectivity index (χ0v) is 15.6. The number of rotatable bonds is 4. The number of ether oxygens (including phenoxy) is 1. The third kappa shape index (κ3) is 3.87. The SMILES string of the molecule is Cc1[nH]ncc1C(=O)N1CCOC(C(=O)Nc2cc(-c3ccccc3F)[nH]n2)C1. The quantitative estimate of drug-likeness (QED) is 0.619. The van der Waals surface area contributed by atoms with E-state index in [1.807, 2.05) is 0 Å². The number of halogens is 1. The van der Waals surface area contributed by atoms with Crippen LogP contribution in [0.1, 0.15) is 16.1 Å². The van der Waals surface area contributed by atoms with Crippen LogP contribution in [0.5, 0.6) is 0 Å². The van der Waals surface area contributed by atoms with Crippen LogP contribution in [-0.4, -0.2) is 62.9 Å². The van der Waals surface area contributed by atoms with E-state index in [1.165, 1.54) is 18.3 Å². The second-order valence-corrected chi connectivity index (χ2v) is 6.66. The average molecular weight is 398 g/mol. The summed E-state index contributed by atoms with van der Waals surface area (Å²) in [4.78, 5) is 26.8. The van der Waals surface area contributed by atoms with Gasteiger partial charge in [-0.25, -0.2) is 4.39 Å². The summed E-state index contributed by atoms with van der Waals surface area (Å²) < 4.78 is 19.4. The van der Waals surface area contributed by atoms with Crippen molar-refractivity contribution in [3.8, 4) is 11.3 Å². The lowest BCUT2D eigenvalue weighted by atomic mass is 10.1. The molecule has 3 N–H and O–H groups in total. The molecule has 1 atom stereocenters. The molecule has 2 aromatic heterocycles. The third-order valence-electron chi connectivity index (χ3n) is 4.70. The van der Waals surface area contributed by atoms with Gasteiger partial charge in [0.1, 0.15) is 5.82 Å². The van der Waals surface area contributed by atoms with Gasteiger partial charge in [-0.05, 0) is 19.1 Å². The molecule has 0 spiro atoms. The van der Waals surface area contributed by atoms with Gasteiger partial charge in [0, 0.05) is 23.9 Å². The highest BCUT2D eigenvalue weighted by Gasteiger charge is 2.31. The van der Waals surface area contributed by atoms with Crippen molar-refractivity contribution in [2.75, 3.05) is 25.0 Å². The minimum absolute atomic E-state index is 0.111. The smallest absolute Gasteiger partial charge is 0.257 e. The Morgan fingerprint density at radius 1 is 1.31 bits per heavy atom. The number of amides is 2. The molecule has 150 valence electrons. The number of hydrogen-bond donors (Lipinski definition) is 3. The first-order valence-corrected chi connectivity index (χ1v) is 9.05. The summed E-state index contributed by atoms with van der Waals surface area (Å²) >= 11 is 0. The summed E-state index contributed by atoms with van der Waals surface area (Å²) in [5.41, 5.74) is 1.92. The summed E-state index contributed by atoms with van der Waals surface area (Å²) in [7, 11) is 0. The van der Waals surface area contributed by atoms with Gasteiger partial charge >= 0.3 is 0 Å². The van der Waals surface area contributed by atoms with E-state index in [1.54, 1.807) is 30.0 Å². The first-order valence-electron chi connectivity index (χ1n) is 9.05. The molecule has 0 radical (unpaired) electrons. The zero-order valence-electron chi connectivity index (χ0n) is 15.6. The van der Waals surface area contributed by atoms with Crippen LogP contribution in [0.3, 0.4) is 0 Å². The standard InChI is InChI=1S/C19H19FN6O3/c1-11-13(9-21-23-11)19(28)26-6-7-29-16(10-26)18(27)22-17-8-15(24-25-17)12-4-2-3-5-14(12)20/h2-5,8-9,16H,6-7,10H2,1H3,(H,21,23)(H2,22,24,25,27). The fraction of sp³-hybridized carbons (Fsp3) is 0.263. The Hall–Kier alpha value is -3.53. The molecule has 1 aliphatic heterocycles. The van der Waals surface area contributed by atoms with E-state index in [4.69, 9.17) is 4.74 Å². The lowest BCUT2D eigenvalue weighted by Gasteiger charge is -2.32. The normalized spacial score (nSPS) is 16.6. The van der Waals surface area contributed by atoms with E-state index in [-0.39, 0.29) is 24.9 Å². The van der Waals surface area contributed by atoms with Gasteiger partial charge in [-0.3, -0.25) is 19.8 Å². The van der Waals surface area contributed by atoms with Crippen molar-refractivity contribution in [2.24, 2.45) is 0 Å². The number of nitrogens with zero attached hydrogens (tertiary/aromatic N) is 3. The maximum Gasteiger partial charge on any atom is 0.257 e. The van der Waals surface area contributed by atoms with Crippen molar-refractivity contribution in [3.63, 3.8) is 0 Å². The average Bonchev–Trinajstić information content (AvgIpc) is 3.37. The molecule has 1 saturated heterocycles. The highest BCUT2D eigenvalue weighted by atomic mass is 19.1. The van der Waals surface area contributed by atoms with Crippen molar-refractivity contribution in [1.29, 1.82) is 0 Å². The number of anilines is 1. The Balaban J connectivity index is 1.42. The van der Waals surface area contributed by atoms with Crippen molar-refractivity contribution in [1.82, 2.24) is 25.3 Å². The van der Waals surface area contributed by atoms with Gasteiger partial charge in [0.05, 0.1) is 30.6 Å². The van der Waals surface area contributed by atoms with E-state index < -0.39 is 17.8 Å². The largest absolute Gasteiger partial charge is 0.365 e. The molecular weight excluding hydrogens is 379 g/mol. The van der Waals surface area contributed by atoms with Gasteiger partial charge in [-0.2, -0.15) is 10.2 Å². The first kappa shape index (κ1) is 18.8. The van der Waals surface area contributed by atoms with Gasteiger partial charge in [-0.1, -0.05) is 12.1 Å². The van der Waals surface area contributed by atoms with Crippen LogP contribution < -0.4 is 5.32 Å². The van der Waals surface area contributed by atoms with Crippen molar-refractivity contribution in [2.45, 2.75) is 13.0 Å². The fourth-order valence-corrected chi connectivity index (χ4v) is 3.14. The second kappa shape index (κ2) is 7.84. The molecule has 2 amide bonds. The van der Waals surface area contributed by atoms with Gasteiger partial charge in [-0.15, -0.1) is 0 Å². The Kier molecular flexibility index (Phi) is 5.09. The monoisotopic (exact) mass is 398 g/mol. The maximum atomic E-state index is 13.9. The number of carbonyl (C=O) groups is 2. The van der Waals surface area contributed by atoms with Crippen LogP contribution in [0.25, 0.3) is 11.3 Å². The minimum Gasteiger partial charge on any atom is -0.365 e. The second-order valence-electron chi connectivity index (χ2n) is 6.66. The van der Waals surface area contributed by atoms with E-state index in [9.17, 15) is 14.0 Å². The number of hydrogen-bond acceptors (Lipinski definition) is 5. The molecule has 1 aromatic carbocycles. The van der Waals surface area contributed by atoms with Gasteiger partial charge in [0.15, 0.2) is 11.9 Å². The van der Waals surface area contributed by atoms with Crippen LogP contribution in [0.4, 0.5) is 10.2 Å². The lowest BCUT2D eigenvalue weighted by molar-refractivity contribution is -0.131. The number of aromatic amines is 2. The fourth-order valence-electron chi connectivity index (χ4n) is 3.14. The summed E-state index contributed by atoms with van der Waals surface area (Å²) in [5.74, 6) is -0.795. The molecule has 4 rings (SSSR count). The van der Waals surface area contributed by atoms with E-state index >= 15 is 0 Å². The number of aryl methyl sites for hydroxylation is 1. The summed E-state index contributed by atoms with van der Waals surface area (Å²) in [6, 6.07) is 7.80.